The van der Waals surface area contributed by atoms with Crippen LogP contribution in [0.5, 0.6) is 5.88 Å². The van der Waals surface area contributed by atoms with Gasteiger partial charge in [0.1, 0.15) is 5.82 Å². The zero-order valence-corrected chi connectivity index (χ0v) is 16.1. The first-order valence-electron chi connectivity index (χ1n) is 9.13. The fraction of sp³-hybridized carbons (Fsp3) is 0.429. The quantitative estimate of drug-likeness (QED) is 0.714. The van der Waals surface area contributed by atoms with Gasteiger partial charge in [-0.25, -0.2) is 14.2 Å². The van der Waals surface area contributed by atoms with Crippen LogP contribution in [0.3, 0.4) is 0 Å². The third-order valence-corrected chi connectivity index (χ3v) is 4.10. The Bertz CT molecular complexity index is 789. The van der Waals surface area contributed by atoms with Gasteiger partial charge in [0.25, 0.3) is 0 Å². The molecule has 0 saturated heterocycles. The van der Waals surface area contributed by atoms with Crippen LogP contribution in [0.4, 0.5) is 4.39 Å². The van der Waals surface area contributed by atoms with E-state index in [-0.39, 0.29) is 24.2 Å². The smallest absolute Gasteiger partial charge is 0.357 e. The van der Waals surface area contributed by atoms with Gasteiger partial charge in [0, 0.05) is 11.1 Å². The molecule has 0 fully saturated rings. The molecule has 0 aliphatic carbocycles. The summed E-state index contributed by atoms with van der Waals surface area (Å²) in [7, 11) is 0. The maximum atomic E-state index is 14.5. The van der Waals surface area contributed by atoms with Gasteiger partial charge in [-0.2, -0.15) is 0 Å². The highest BCUT2D eigenvalue weighted by atomic mass is 19.1. The minimum atomic E-state index is -0.532. The summed E-state index contributed by atoms with van der Waals surface area (Å²) in [4.78, 5) is 16.4. The van der Waals surface area contributed by atoms with Gasteiger partial charge < -0.3 is 9.47 Å². The monoisotopic (exact) mass is 359 g/mol. The number of hydrogen-bond acceptors (Lipinski definition) is 4. The molecule has 0 radical (unpaired) electrons. The molecule has 0 amide bonds. The van der Waals surface area contributed by atoms with Crippen molar-refractivity contribution in [2.75, 3.05) is 6.61 Å². The van der Waals surface area contributed by atoms with Crippen molar-refractivity contribution in [1.29, 1.82) is 0 Å². The van der Waals surface area contributed by atoms with E-state index in [0.717, 1.165) is 24.0 Å². The molecule has 1 atom stereocenters. The Morgan fingerprint density at radius 3 is 2.69 bits per heavy atom. The summed E-state index contributed by atoms with van der Waals surface area (Å²) < 4.78 is 25.3. The molecular formula is C21H26FNO3. The molecule has 2 heterocycles. The SMILES string of the molecule is CC.CCOC(=O)c1cc(-c2ccc(C)cc2F)c2c(n1)O[C@@H](C)CC2. The highest BCUT2D eigenvalue weighted by Gasteiger charge is 2.25. The van der Waals surface area contributed by atoms with Crippen molar-refractivity contribution in [2.24, 2.45) is 0 Å². The third kappa shape index (κ3) is 4.21. The first kappa shape index (κ1) is 19.9. The van der Waals surface area contributed by atoms with E-state index in [9.17, 15) is 9.18 Å². The largest absolute Gasteiger partial charge is 0.474 e. The van der Waals surface area contributed by atoms with Crippen LogP contribution < -0.4 is 4.74 Å². The van der Waals surface area contributed by atoms with Gasteiger partial charge in [0.15, 0.2) is 5.69 Å². The van der Waals surface area contributed by atoms with Crippen LogP contribution in [0, 0.1) is 12.7 Å². The number of pyridine rings is 1. The summed E-state index contributed by atoms with van der Waals surface area (Å²) in [5.74, 6) is -0.456. The molecule has 0 N–H and O–H groups in total. The Balaban J connectivity index is 0.00000117. The second-order valence-corrected chi connectivity index (χ2v) is 6.01. The molecule has 4 nitrogen and oxygen atoms in total. The maximum absolute atomic E-state index is 14.5. The molecule has 1 aliphatic heterocycles. The predicted molar refractivity (Wildman–Crippen MR) is 100 cm³/mol. The van der Waals surface area contributed by atoms with Gasteiger partial charge in [0.05, 0.1) is 12.7 Å². The highest BCUT2D eigenvalue weighted by molar-refractivity contribution is 5.90. The summed E-state index contributed by atoms with van der Waals surface area (Å²) >= 11 is 0. The number of carbonyl (C=O) groups is 1. The highest BCUT2D eigenvalue weighted by Crippen LogP contribution is 2.36. The molecular weight excluding hydrogens is 333 g/mol. The summed E-state index contributed by atoms with van der Waals surface area (Å²) in [5.41, 5.74) is 2.91. The number of nitrogens with zero attached hydrogens (tertiary/aromatic N) is 1. The number of fused-ring (bicyclic) bond motifs is 1. The average molecular weight is 359 g/mol. The molecule has 5 heteroatoms. The number of benzene rings is 1. The fourth-order valence-electron chi connectivity index (χ4n) is 2.87. The molecule has 2 aromatic rings. The lowest BCUT2D eigenvalue weighted by molar-refractivity contribution is 0.0517. The molecule has 0 spiro atoms. The van der Waals surface area contributed by atoms with E-state index < -0.39 is 5.97 Å². The first-order valence-corrected chi connectivity index (χ1v) is 9.13. The Kier molecular flexibility index (Phi) is 6.72. The minimum absolute atomic E-state index is 0.0122. The van der Waals surface area contributed by atoms with Crippen LogP contribution in [0.2, 0.25) is 0 Å². The average Bonchev–Trinajstić information content (AvgIpc) is 2.62. The topological polar surface area (TPSA) is 48.4 Å². The van der Waals surface area contributed by atoms with Gasteiger partial charge in [-0.3, -0.25) is 0 Å². The molecule has 26 heavy (non-hydrogen) atoms. The van der Waals surface area contributed by atoms with Gasteiger partial charge in [-0.1, -0.05) is 26.0 Å². The van der Waals surface area contributed by atoms with Crippen molar-refractivity contribution in [3.63, 3.8) is 0 Å². The van der Waals surface area contributed by atoms with Crippen molar-refractivity contribution in [3.05, 3.63) is 46.9 Å². The molecule has 140 valence electrons. The van der Waals surface area contributed by atoms with E-state index in [4.69, 9.17) is 9.47 Å². The maximum Gasteiger partial charge on any atom is 0.357 e. The normalized spacial score (nSPS) is 15.2. The number of hydrogen-bond donors (Lipinski definition) is 0. The molecule has 1 aromatic carbocycles. The molecule has 0 bridgehead atoms. The van der Waals surface area contributed by atoms with Crippen LogP contribution in [-0.4, -0.2) is 23.7 Å². The summed E-state index contributed by atoms with van der Waals surface area (Å²) in [5, 5.41) is 0. The van der Waals surface area contributed by atoms with E-state index in [1.165, 1.54) is 6.07 Å². The predicted octanol–water partition coefficient (Wildman–Crippen LogP) is 5.11. The lowest BCUT2D eigenvalue weighted by Crippen LogP contribution is -2.22. The van der Waals surface area contributed by atoms with Gasteiger partial charge in [-0.15, -0.1) is 0 Å². The van der Waals surface area contributed by atoms with Gasteiger partial charge in [0.2, 0.25) is 5.88 Å². The van der Waals surface area contributed by atoms with E-state index in [1.54, 1.807) is 19.1 Å². The summed E-state index contributed by atoms with van der Waals surface area (Å²) in [6.07, 6.45) is 1.57. The molecule has 1 aliphatic rings. The van der Waals surface area contributed by atoms with Crippen molar-refractivity contribution in [2.45, 2.75) is 53.6 Å². The number of carbonyl (C=O) groups excluding carboxylic acids is 1. The molecule has 0 saturated carbocycles. The van der Waals surface area contributed by atoms with Crippen LogP contribution in [-0.2, 0) is 11.2 Å². The van der Waals surface area contributed by atoms with Crippen molar-refractivity contribution in [1.82, 2.24) is 4.98 Å². The van der Waals surface area contributed by atoms with Crippen LogP contribution >= 0.6 is 0 Å². The lowest BCUT2D eigenvalue weighted by atomic mass is 9.94. The lowest BCUT2D eigenvalue weighted by Gasteiger charge is -2.25. The summed E-state index contributed by atoms with van der Waals surface area (Å²) in [6, 6.07) is 6.66. The van der Waals surface area contributed by atoms with E-state index >= 15 is 0 Å². The second kappa shape index (κ2) is 8.79. The van der Waals surface area contributed by atoms with E-state index in [1.807, 2.05) is 33.8 Å². The van der Waals surface area contributed by atoms with Gasteiger partial charge in [-0.05, 0) is 56.9 Å². The first-order chi connectivity index (χ1) is 12.5. The number of ether oxygens (including phenoxy) is 2. The van der Waals surface area contributed by atoms with Crippen molar-refractivity contribution >= 4 is 5.97 Å². The second-order valence-electron chi connectivity index (χ2n) is 6.01. The number of aromatic nitrogens is 1. The molecule has 0 unspecified atom stereocenters. The Morgan fingerprint density at radius 2 is 2.04 bits per heavy atom. The Hall–Kier alpha value is -2.43. The van der Waals surface area contributed by atoms with Crippen molar-refractivity contribution in [3.8, 4) is 17.0 Å². The van der Waals surface area contributed by atoms with Crippen LogP contribution in [0.15, 0.2) is 24.3 Å². The van der Waals surface area contributed by atoms with E-state index in [0.29, 0.717) is 17.0 Å². The van der Waals surface area contributed by atoms with Crippen LogP contribution in [0.25, 0.3) is 11.1 Å². The number of rotatable bonds is 3. The zero-order valence-electron chi connectivity index (χ0n) is 16.1. The zero-order chi connectivity index (χ0) is 19.3. The third-order valence-electron chi connectivity index (χ3n) is 4.10. The number of halogens is 1. The summed E-state index contributed by atoms with van der Waals surface area (Å²) in [6.45, 7) is 9.77. The Labute approximate surface area is 154 Å². The molecule has 1 aromatic heterocycles. The molecule has 3 rings (SSSR count). The van der Waals surface area contributed by atoms with Crippen LogP contribution in [0.1, 0.15) is 55.7 Å². The number of aryl methyl sites for hydroxylation is 1. The van der Waals surface area contributed by atoms with Gasteiger partial charge >= 0.3 is 5.97 Å². The Morgan fingerprint density at radius 1 is 1.31 bits per heavy atom. The number of esters is 1. The van der Waals surface area contributed by atoms with E-state index in [2.05, 4.69) is 4.98 Å². The minimum Gasteiger partial charge on any atom is -0.474 e. The standard InChI is InChI=1S/C19H20FNO3.C2H6/c1-4-23-19(22)17-10-15(13-7-5-11(2)9-16(13)20)14-8-6-12(3)24-18(14)21-17;1-2/h5,7,9-10,12H,4,6,8H2,1-3H3;1-2H3/t12-;/m0./s1. The van der Waals surface area contributed by atoms with Crippen molar-refractivity contribution < 1.29 is 18.7 Å². The fourth-order valence-corrected chi connectivity index (χ4v) is 2.87.